The highest BCUT2D eigenvalue weighted by atomic mass is 32.2. The molecule has 0 radical (unpaired) electrons. The summed E-state index contributed by atoms with van der Waals surface area (Å²) in [4.78, 5) is 16.7. The first-order chi connectivity index (χ1) is 10.4. The van der Waals surface area contributed by atoms with Crippen LogP contribution in [0.25, 0.3) is 0 Å². The molecule has 10 heteroatoms. The average molecular weight is 355 g/mol. The van der Waals surface area contributed by atoms with Crippen LogP contribution in [-0.4, -0.2) is 39.1 Å². The number of halogens is 3. The molecule has 0 aliphatic heterocycles. The number of hydrogen-bond donors (Lipinski definition) is 0. The zero-order valence-corrected chi connectivity index (χ0v) is 13.7. The van der Waals surface area contributed by atoms with Crippen LogP contribution < -0.4 is 4.18 Å². The van der Waals surface area contributed by atoms with Gasteiger partial charge in [0.15, 0.2) is 0 Å². The van der Waals surface area contributed by atoms with E-state index in [9.17, 15) is 26.4 Å². The Morgan fingerprint density at radius 3 is 2.26 bits per heavy atom. The van der Waals surface area contributed by atoms with Crippen LogP contribution in [0.15, 0.2) is 18.2 Å². The molecule has 0 spiro atoms. The first-order valence-electron chi connectivity index (χ1n) is 6.37. The van der Waals surface area contributed by atoms with Gasteiger partial charge in [0, 0.05) is 12.6 Å². The topological polar surface area (TPSA) is 72.9 Å². The van der Waals surface area contributed by atoms with Crippen LogP contribution in [0.5, 0.6) is 5.75 Å². The van der Waals surface area contributed by atoms with Crippen molar-refractivity contribution in [2.75, 3.05) is 14.2 Å². The second kappa shape index (κ2) is 6.75. The van der Waals surface area contributed by atoms with Crippen LogP contribution in [0.4, 0.5) is 13.2 Å². The van der Waals surface area contributed by atoms with Gasteiger partial charge in [-0.2, -0.15) is 21.6 Å². The minimum absolute atomic E-state index is 0.120. The maximum absolute atomic E-state index is 12.4. The van der Waals surface area contributed by atoms with Crippen molar-refractivity contribution in [3.05, 3.63) is 29.3 Å². The zero-order chi connectivity index (χ0) is 18.0. The molecule has 1 rings (SSSR count). The van der Waals surface area contributed by atoms with Gasteiger partial charge in [-0.3, -0.25) is 9.63 Å². The molecule has 1 aromatic carbocycles. The fourth-order valence-electron chi connectivity index (χ4n) is 1.64. The molecule has 0 saturated carbocycles. The standard InChI is InChI=1S/C13H16F3NO5S/c1-8(2)10-7-9(12(18)17(3)21-4)5-6-11(10)22-23(19,20)13(14,15)16/h5-8H,1-4H3. The molecule has 23 heavy (non-hydrogen) atoms. The highest BCUT2D eigenvalue weighted by Gasteiger charge is 2.48. The van der Waals surface area contributed by atoms with E-state index in [0.29, 0.717) is 0 Å². The lowest BCUT2D eigenvalue weighted by Crippen LogP contribution is -2.28. The minimum Gasteiger partial charge on any atom is -0.376 e. The lowest BCUT2D eigenvalue weighted by molar-refractivity contribution is -0.0757. The first kappa shape index (κ1) is 19.2. The molecule has 0 heterocycles. The largest absolute Gasteiger partial charge is 0.534 e. The summed E-state index contributed by atoms with van der Waals surface area (Å²) < 4.78 is 63.7. The number of carbonyl (C=O) groups is 1. The summed E-state index contributed by atoms with van der Waals surface area (Å²) in [7, 11) is -3.15. The van der Waals surface area contributed by atoms with Crippen LogP contribution in [0.2, 0.25) is 0 Å². The second-order valence-electron chi connectivity index (χ2n) is 4.88. The number of nitrogens with zero attached hydrogens (tertiary/aromatic N) is 1. The average Bonchev–Trinajstić information content (AvgIpc) is 2.44. The maximum atomic E-state index is 12.4. The number of hydroxylamine groups is 2. The predicted molar refractivity (Wildman–Crippen MR) is 75.2 cm³/mol. The number of hydrogen-bond acceptors (Lipinski definition) is 5. The van der Waals surface area contributed by atoms with E-state index in [1.54, 1.807) is 13.8 Å². The predicted octanol–water partition coefficient (Wildman–Crippen LogP) is 2.67. The third-order valence-corrected chi connectivity index (χ3v) is 3.89. The molecule has 1 amide bonds. The van der Waals surface area contributed by atoms with Gasteiger partial charge in [-0.1, -0.05) is 13.8 Å². The van der Waals surface area contributed by atoms with Crippen molar-refractivity contribution < 1.29 is 35.4 Å². The highest BCUT2D eigenvalue weighted by Crippen LogP contribution is 2.33. The first-order valence-corrected chi connectivity index (χ1v) is 7.78. The Hall–Kier alpha value is -1.81. The molecule has 0 bridgehead atoms. The van der Waals surface area contributed by atoms with Crippen molar-refractivity contribution in [3.8, 4) is 5.75 Å². The fraction of sp³-hybridized carbons (Fsp3) is 0.462. The number of amides is 1. The van der Waals surface area contributed by atoms with Gasteiger partial charge in [0.1, 0.15) is 5.75 Å². The van der Waals surface area contributed by atoms with Crippen molar-refractivity contribution in [1.29, 1.82) is 0 Å². The number of carbonyl (C=O) groups excluding carboxylic acids is 1. The lowest BCUT2D eigenvalue weighted by atomic mass is 9.99. The molecule has 0 saturated heterocycles. The van der Waals surface area contributed by atoms with Gasteiger partial charge in [-0.05, 0) is 29.7 Å². The van der Waals surface area contributed by atoms with Crippen molar-refractivity contribution in [2.24, 2.45) is 0 Å². The number of rotatable bonds is 5. The maximum Gasteiger partial charge on any atom is 0.534 e. The summed E-state index contributed by atoms with van der Waals surface area (Å²) in [5.41, 5.74) is -5.27. The Bertz CT molecular complexity index is 685. The van der Waals surface area contributed by atoms with Gasteiger partial charge in [-0.15, -0.1) is 0 Å². The van der Waals surface area contributed by atoms with Gasteiger partial charge in [-0.25, -0.2) is 5.06 Å². The van der Waals surface area contributed by atoms with E-state index in [2.05, 4.69) is 4.18 Å². The number of benzene rings is 1. The van der Waals surface area contributed by atoms with Gasteiger partial charge < -0.3 is 4.18 Å². The Balaban J connectivity index is 3.29. The van der Waals surface area contributed by atoms with E-state index in [1.165, 1.54) is 20.2 Å². The number of alkyl halides is 3. The van der Waals surface area contributed by atoms with E-state index in [0.717, 1.165) is 17.2 Å². The van der Waals surface area contributed by atoms with Crippen LogP contribution in [0.3, 0.4) is 0 Å². The van der Waals surface area contributed by atoms with Crippen molar-refractivity contribution in [1.82, 2.24) is 5.06 Å². The Morgan fingerprint density at radius 1 is 1.26 bits per heavy atom. The third-order valence-electron chi connectivity index (χ3n) is 2.92. The van der Waals surface area contributed by atoms with Crippen molar-refractivity contribution in [2.45, 2.75) is 25.3 Å². The molecule has 0 atom stereocenters. The van der Waals surface area contributed by atoms with Crippen LogP contribution in [0, 0.1) is 0 Å². The lowest BCUT2D eigenvalue weighted by Gasteiger charge is -2.18. The van der Waals surface area contributed by atoms with E-state index < -0.39 is 27.3 Å². The fourth-order valence-corrected chi connectivity index (χ4v) is 2.12. The summed E-state index contributed by atoms with van der Waals surface area (Å²) in [6, 6.07) is 3.43. The van der Waals surface area contributed by atoms with Crippen LogP contribution in [0.1, 0.15) is 35.7 Å². The quantitative estimate of drug-likeness (QED) is 0.461. The minimum atomic E-state index is -5.78. The molecule has 0 aromatic heterocycles. The summed E-state index contributed by atoms with van der Waals surface area (Å²) in [6.07, 6.45) is 0. The van der Waals surface area contributed by atoms with Crippen LogP contribution >= 0.6 is 0 Å². The Morgan fingerprint density at radius 2 is 1.83 bits per heavy atom. The molecule has 1 aromatic rings. The van der Waals surface area contributed by atoms with Crippen molar-refractivity contribution >= 4 is 16.0 Å². The molecule has 0 aliphatic rings. The monoisotopic (exact) mass is 355 g/mol. The second-order valence-corrected chi connectivity index (χ2v) is 6.41. The molecular weight excluding hydrogens is 339 g/mol. The molecule has 0 N–H and O–H groups in total. The normalized spacial score (nSPS) is 12.3. The van der Waals surface area contributed by atoms with Gasteiger partial charge in [0.25, 0.3) is 5.91 Å². The molecule has 0 aliphatic carbocycles. The smallest absolute Gasteiger partial charge is 0.376 e. The van der Waals surface area contributed by atoms with Crippen molar-refractivity contribution in [3.63, 3.8) is 0 Å². The molecule has 0 fully saturated rings. The van der Waals surface area contributed by atoms with E-state index in [1.807, 2.05) is 0 Å². The van der Waals surface area contributed by atoms with Gasteiger partial charge in [0.05, 0.1) is 7.11 Å². The SMILES string of the molecule is CON(C)C(=O)c1ccc(OS(=O)(=O)C(F)(F)F)c(C(C)C)c1. The third kappa shape index (κ3) is 4.35. The van der Waals surface area contributed by atoms with E-state index >= 15 is 0 Å². The summed E-state index contributed by atoms with van der Waals surface area (Å²) in [5.74, 6) is -1.40. The van der Waals surface area contributed by atoms with E-state index in [4.69, 9.17) is 4.84 Å². The Kier molecular flexibility index (Phi) is 5.65. The van der Waals surface area contributed by atoms with Gasteiger partial charge in [0.2, 0.25) is 0 Å². The summed E-state index contributed by atoms with van der Waals surface area (Å²) in [6.45, 7) is 3.24. The Labute approximate surface area is 131 Å². The molecule has 130 valence electrons. The molecular formula is C13H16F3NO5S. The molecule has 0 unspecified atom stereocenters. The summed E-state index contributed by atoms with van der Waals surface area (Å²) >= 11 is 0. The van der Waals surface area contributed by atoms with Crippen LogP contribution in [-0.2, 0) is 15.0 Å². The van der Waals surface area contributed by atoms with E-state index in [-0.39, 0.29) is 17.0 Å². The molecule has 6 nitrogen and oxygen atoms in total. The van der Waals surface area contributed by atoms with Gasteiger partial charge >= 0.3 is 15.6 Å². The zero-order valence-electron chi connectivity index (χ0n) is 12.8. The summed E-state index contributed by atoms with van der Waals surface area (Å²) in [5, 5.41) is 0.923. The highest BCUT2D eigenvalue weighted by molar-refractivity contribution is 7.88.